The van der Waals surface area contributed by atoms with Crippen molar-refractivity contribution in [2.45, 2.75) is 32.4 Å². The lowest BCUT2D eigenvalue weighted by atomic mass is 10.3. The zero-order chi connectivity index (χ0) is 9.26. The van der Waals surface area contributed by atoms with Gasteiger partial charge in [-0.05, 0) is 6.42 Å². The monoisotopic (exact) mass is 182 g/mol. The number of amidine groups is 1. The summed E-state index contributed by atoms with van der Waals surface area (Å²) in [5, 5.41) is 0. The molecule has 1 saturated heterocycles. The molecule has 0 bridgehead atoms. The molecule has 4 nitrogen and oxygen atoms in total. The molecule has 0 aliphatic carbocycles. The average Bonchev–Trinajstić information content (AvgIpc) is 2.51. The third-order valence-electron chi connectivity index (χ3n) is 2.45. The van der Waals surface area contributed by atoms with Gasteiger partial charge in [0.15, 0.2) is 6.23 Å². The number of carbonyl (C=O) groups is 1. The molecule has 72 valence electrons. The van der Waals surface area contributed by atoms with E-state index in [-0.39, 0.29) is 12.2 Å². The van der Waals surface area contributed by atoms with E-state index in [4.69, 9.17) is 4.74 Å². The van der Waals surface area contributed by atoms with Gasteiger partial charge in [-0.2, -0.15) is 0 Å². The number of hydrogen-bond donors (Lipinski definition) is 0. The van der Waals surface area contributed by atoms with Crippen molar-refractivity contribution < 1.29 is 9.53 Å². The lowest BCUT2D eigenvalue weighted by Crippen LogP contribution is -2.42. The summed E-state index contributed by atoms with van der Waals surface area (Å²) >= 11 is 0. The zero-order valence-electron chi connectivity index (χ0n) is 7.82. The zero-order valence-corrected chi connectivity index (χ0v) is 7.82. The Hall–Kier alpha value is -1.06. The normalized spacial score (nSPS) is 26.7. The highest BCUT2D eigenvalue weighted by molar-refractivity contribution is 5.85. The van der Waals surface area contributed by atoms with Gasteiger partial charge < -0.3 is 9.64 Å². The molecule has 1 unspecified atom stereocenters. The molecule has 1 atom stereocenters. The number of fused-ring (bicyclic) bond motifs is 1. The van der Waals surface area contributed by atoms with Crippen LogP contribution in [-0.4, -0.2) is 36.0 Å². The van der Waals surface area contributed by atoms with Crippen LogP contribution >= 0.6 is 0 Å². The molecule has 0 spiro atoms. The Balaban J connectivity index is 2.05. The summed E-state index contributed by atoms with van der Waals surface area (Å²) in [4.78, 5) is 17.3. The molecule has 0 N–H and O–H groups in total. The average molecular weight is 182 g/mol. The highest BCUT2D eigenvalue weighted by Gasteiger charge is 2.30. The first-order chi connectivity index (χ1) is 6.27. The lowest BCUT2D eigenvalue weighted by molar-refractivity contribution is -0.153. The van der Waals surface area contributed by atoms with E-state index in [9.17, 15) is 4.79 Å². The Morgan fingerprint density at radius 3 is 3.31 bits per heavy atom. The number of nitrogens with zero attached hydrogens (tertiary/aromatic N) is 2. The van der Waals surface area contributed by atoms with Gasteiger partial charge >= 0.3 is 5.97 Å². The second-order valence-corrected chi connectivity index (χ2v) is 3.45. The molecule has 0 saturated carbocycles. The summed E-state index contributed by atoms with van der Waals surface area (Å²) in [6.45, 7) is 3.24. The number of esters is 1. The van der Waals surface area contributed by atoms with Crippen LogP contribution in [0.1, 0.15) is 26.2 Å². The van der Waals surface area contributed by atoms with Crippen molar-refractivity contribution in [2.24, 2.45) is 4.99 Å². The van der Waals surface area contributed by atoms with Gasteiger partial charge in [0.25, 0.3) is 0 Å². The number of ether oxygens (including phenoxy) is 1. The predicted octanol–water partition coefficient (Wildman–Crippen LogP) is 0.774. The van der Waals surface area contributed by atoms with E-state index < -0.39 is 0 Å². The van der Waals surface area contributed by atoms with E-state index in [0.29, 0.717) is 0 Å². The van der Waals surface area contributed by atoms with Crippen LogP contribution in [0.2, 0.25) is 0 Å². The fraction of sp³-hybridized carbons (Fsp3) is 0.778. The smallest absolute Gasteiger partial charge is 0.304 e. The topological polar surface area (TPSA) is 41.9 Å². The molecular formula is C9H14N2O2. The lowest BCUT2D eigenvalue weighted by Gasteiger charge is -2.31. The Morgan fingerprint density at radius 1 is 1.69 bits per heavy atom. The van der Waals surface area contributed by atoms with Crippen LogP contribution in [0.3, 0.4) is 0 Å². The van der Waals surface area contributed by atoms with Crippen molar-refractivity contribution in [2.75, 3.05) is 13.1 Å². The fourth-order valence-corrected chi connectivity index (χ4v) is 1.93. The molecular weight excluding hydrogens is 168 g/mol. The molecule has 0 aromatic heterocycles. The SMILES string of the molecule is CC(=O)OC1CCN=C2CCCN21. The summed E-state index contributed by atoms with van der Waals surface area (Å²) in [6.07, 6.45) is 2.96. The van der Waals surface area contributed by atoms with Crippen molar-refractivity contribution in [1.29, 1.82) is 0 Å². The van der Waals surface area contributed by atoms with Gasteiger partial charge in [0.1, 0.15) is 5.84 Å². The number of hydrogen-bond acceptors (Lipinski definition) is 4. The van der Waals surface area contributed by atoms with Crippen LogP contribution in [0.15, 0.2) is 4.99 Å². The van der Waals surface area contributed by atoms with Gasteiger partial charge in [0.2, 0.25) is 0 Å². The third kappa shape index (κ3) is 1.66. The maximum absolute atomic E-state index is 10.8. The molecule has 0 amide bonds. The van der Waals surface area contributed by atoms with Gasteiger partial charge in [-0.1, -0.05) is 0 Å². The molecule has 0 aromatic carbocycles. The van der Waals surface area contributed by atoms with Gasteiger partial charge in [-0.3, -0.25) is 9.79 Å². The van der Waals surface area contributed by atoms with E-state index in [2.05, 4.69) is 9.89 Å². The minimum atomic E-state index is -0.196. The Labute approximate surface area is 77.6 Å². The molecule has 1 fully saturated rings. The van der Waals surface area contributed by atoms with Crippen LogP contribution < -0.4 is 0 Å². The summed E-state index contributed by atoms with van der Waals surface area (Å²) in [7, 11) is 0. The second-order valence-electron chi connectivity index (χ2n) is 3.45. The summed E-state index contributed by atoms with van der Waals surface area (Å²) in [5.74, 6) is 0.927. The van der Waals surface area contributed by atoms with Crippen LogP contribution in [0.25, 0.3) is 0 Å². The van der Waals surface area contributed by atoms with Crippen molar-refractivity contribution in [3.05, 3.63) is 0 Å². The molecule has 13 heavy (non-hydrogen) atoms. The quantitative estimate of drug-likeness (QED) is 0.562. The maximum Gasteiger partial charge on any atom is 0.304 e. The highest BCUT2D eigenvalue weighted by Crippen LogP contribution is 2.21. The van der Waals surface area contributed by atoms with Gasteiger partial charge in [-0.25, -0.2) is 0 Å². The molecule has 0 radical (unpaired) electrons. The van der Waals surface area contributed by atoms with Gasteiger partial charge in [0.05, 0.1) is 0 Å². The minimum absolute atomic E-state index is 0.0486. The van der Waals surface area contributed by atoms with Gasteiger partial charge in [0, 0.05) is 32.9 Å². The number of rotatable bonds is 1. The largest absolute Gasteiger partial charge is 0.442 e. The van der Waals surface area contributed by atoms with E-state index in [1.54, 1.807) is 0 Å². The van der Waals surface area contributed by atoms with Crippen molar-refractivity contribution >= 4 is 11.8 Å². The standard InChI is InChI=1S/C9H14N2O2/c1-7(12)13-9-4-5-10-8-3-2-6-11(8)9/h9H,2-6H2,1H3. The Kier molecular flexibility index (Phi) is 2.20. The molecule has 0 aromatic rings. The van der Waals surface area contributed by atoms with Crippen LogP contribution in [0.4, 0.5) is 0 Å². The maximum atomic E-state index is 10.8. The Morgan fingerprint density at radius 2 is 2.54 bits per heavy atom. The van der Waals surface area contributed by atoms with Crippen LogP contribution in [0.5, 0.6) is 0 Å². The van der Waals surface area contributed by atoms with E-state index in [1.807, 2.05) is 0 Å². The van der Waals surface area contributed by atoms with E-state index in [0.717, 1.165) is 38.2 Å². The van der Waals surface area contributed by atoms with Crippen LogP contribution in [0, 0.1) is 0 Å². The molecule has 2 aliphatic rings. The van der Waals surface area contributed by atoms with E-state index in [1.165, 1.54) is 6.92 Å². The predicted molar refractivity (Wildman–Crippen MR) is 48.4 cm³/mol. The third-order valence-corrected chi connectivity index (χ3v) is 2.45. The Bertz CT molecular complexity index is 250. The van der Waals surface area contributed by atoms with Crippen LogP contribution in [-0.2, 0) is 9.53 Å². The highest BCUT2D eigenvalue weighted by atomic mass is 16.6. The summed E-state index contributed by atoms with van der Waals surface area (Å²) < 4.78 is 5.21. The summed E-state index contributed by atoms with van der Waals surface area (Å²) in [6, 6.07) is 0. The van der Waals surface area contributed by atoms with Crippen molar-refractivity contribution in [3.63, 3.8) is 0 Å². The molecule has 2 rings (SSSR count). The molecule has 2 aliphatic heterocycles. The molecule has 2 heterocycles. The first kappa shape index (κ1) is 8.53. The number of aliphatic imine (C=N–C) groups is 1. The molecule has 4 heteroatoms. The summed E-state index contributed by atoms with van der Waals surface area (Å²) in [5.41, 5.74) is 0. The number of carbonyl (C=O) groups excluding carboxylic acids is 1. The minimum Gasteiger partial charge on any atom is -0.442 e. The second kappa shape index (κ2) is 3.36. The van der Waals surface area contributed by atoms with Crippen molar-refractivity contribution in [1.82, 2.24) is 4.90 Å². The van der Waals surface area contributed by atoms with Crippen molar-refractivity contribution in [3.8, 4) is 0 Å². The van der Waals surface area contributed by atoms with Gasteiger partial charge in [-0.15, -0.1) is 0 Å². The van der Waals surface area contributed by atoms with E-state index >= 15 is 0 Å². The first-order valence-corrected chi connectivity index (χ1v) is 4.74. The first-order valence-electron chi connectivity index (χ1n) is 4.74. The fourth-order valence-electron chi connectivity index (χ4n) is 1.93.